The van der Waals surface area contributed by atoms with Crippen LogP contribution in [0.25, 0.3) is 0 Å². The molecule has 0 aromatic heterocycles. The van der Waals surface area contributed by atoms with Crippen LogP contribution in [0.15, 0.2) is 96.8 Å². The van der Waals surface area contributed by atoms with E-state index in [1.54, 1.807) is 38.0 Å². The minimum Gasteiger partial charge on any atom is -0.347 e. The van der Waals surface area contributed by atoms with Gasteiger partial charge in [0, 0.05) is 62.7 Å². The molecule has 2 aliphatic rings. The van der Waals surface area contributed by atoms with Gasteiger partial charge in [0.25, 0.3) is 5.91 Å². The van der Waals surface area contributed by atoms with Crippen molar-refractivity contribution in [3.05, 3.63) is 108 Å². The lowest BCUT2D eigenvalue weighted by atomic mass is 9.81. The van der Waals surface area contributed by atoms with E-state index in [2.05, 4.69) is 85.7 Å². The predicted octanol–water partition coefficient (Wildman–Crippen LogP) is 5.59. The van der Waals surface area contributed by atoms with Gasteiger partial charge in [-0.25, -0.2) is 0 Å². The highest BCUT2D eigenvalue weighted by Gasteiger charge is 2.45. The van der Waals surface area contributed by atoms with Crippen molar-refractivity contribution in [2.24, 2.45) is 0 Å². The van der Waals surface area contributed by atoms with Gasteiger partial charge in [0.2, 0.25) is 18.1 Å². The van der Waals surface area contributed by atoms with Crippen LogP contribution in [0.2, 0.25) is 0 Å². The molecule has 6 nitrogen and oxygen atoms in total. The molecule has 0 atom stereocenters. The van der Waals surface area contributed by atoms with Crippen molar-refractivity contribution in [1.82, 2.24) is 9.80 Å². The lowest BCUT2D eigenvalue weighted by Gasteiger charge is -2.27. The number of hydrogen-bond donors (Lipinski definition) is 0. The van der Waals surface area contributed by atoms with Gasteiger partial charge in [0.15, 0.2) is 5.71 Å². The summed E-state index contributed by atoms with van der Waals surface area (Å²) in [6, 6.07) is 16.6. The number of benzene rings is 2. The van der Waals surface area contributed by atoms with Crippen LogP contribution in [-0.2, 0) is 20.4 Å². The molecule has 6 heteroatoms. The first-order valence-electron chi connectivity index (χ1n) is 14.1. The van der Waals surface area contributed by atoms with Gasteiger partial charge in [0.1, 0.15) is 6.54 Å². The Hall–Kier alpha value is -4.19. The number of rotatable bonds is 8. The molecule has 0 bridgehead atoms. The van der Waals surface area contributed by atoms with Gasteiger partial charge in [-0.15, -0.1) is 0 Å². The minimum absolute atomic E-state index is 0.0632. The van der Waals surface area contributed by atoms with Crippen LogP contribution in [0.5, 0.6) is 0 Å². The largest absolute Gasteiger partial charge is 0.347 e. The molecule has 2 aliphatic heterocycles. The molecule has 2 heterocycles. The third kappa shape index (κ3) is 5.83. The predicted molar refractivity (Wildman–Crippen MR) is 169 cm³/mol. The Kier molecular flexibility index (Phi) is 8.52. The highest BCUT2D eigenvalue weighted by Crippen LogP contribution is 2.47. The molecule has 214 valence electrons. The van der Waals surface area contributed by atoms with Gasteiger partial charge in [-0.2, -0.15) is 4.58 Å². The number of fused-ring (bicyclic) bond motifs is 2. The van der Waals surface area contributed by atoms with E-state index in [0.29, 0.717) is 13.1 Å². The van der Waals surface area contributed by atoms with Crippen molar-refractivity contribution in [2.75, 3.05) is 46.2 Å². The van der Waals surface area contributed by atoms with E-state index in [1.165, 1.54) is 11.1 Å². The molecule has 0 fully saturated rings. The number of carbonyl (C=O) groups is 2. The molecule has 0 N–H and O–H groups in total. The fourth-order valence-corrected chi connectivity index (χ4v) is 5.66. The lowest BCUT2D eigenvalue weighted by Crippen LogP contribution is -2.36. The summed E-state index contributed by atoms with van der Waals surface area (Å²) in [5.74, 6) is 0.126. The number of amides is 2. The number of carbonyl (C=O) groups excluding carboxylic acids is 2. The summed E-state index contributed by atoms with van der Waals surface area (Å²) in [4.78, 5) is 30.7. The van der Waals surface area contributed by atoms with Crippen molar-refractivity contribution in [1.29, 1.82) is 0 Å². The summed E-state index contributed by atoms with van der Waals surface area (Å²) in [6.45, 7) is 9.42. The Morgan fingerprint density at radius 2 is 1.34 bits per heavy atom. The summed E-state index contributed by atoms with van der Waals surface area (Å²) in [7, 11) is 7.17. The summed E-state index contributed by atoms with van der Waals surface area (Å²) >= 11 is 0. The van der Waals surface area contributed by atoms with E-state index in [9.17, 15) is 9.59 Å². The van der Waals surface area contributed by atoms with Crippen LogP contribution in [-0.4, -0.2) is 73.2 Å². The number of nitrogens with zero attached hydrogens (tertiary/aromatic N) is 4. The average Bonchev–Trinajstić information content (AvgIpc) is 3.27. The van der Waals surface area contributed by atoms with E-state index in [-0.39, 0.29) is 22.6 Å². The molecule has 41 heavy (non-hydrogen) atoms. The molecule has 4 rings (SSSR count). The summed E-state index contributed by atoms with van der Waals surface area (Å²) < 4.78 is 2.13. The molecule has 0 unspecified atom stereocenters. The van der Waals surface area contributed by atoms with E-state index in [0.717, 1.165) is 22.8 Å². The second kappa shape index (κ2) is 11.7. The van der Waals surface area contributed by atoms with E-state index in [1.807, 2.05) is 42.5 Å². The van der Waals surface area contributed by atoms with Gasteiger partial charge in [0.05, 0.1) is 5.41 Å². The quantitative estimate of drug-likeness (QED) is 0.318. The maximum absolute atomic E-state index is 12.6. The standard InChI is InChI=1S/C35H43N4O2/c1-34(2)26-18-14-16-20-28(26)38(24-32(40)36(5)6)30(34)22-12-10-9-11-13-23-31-35(3,4)27-19-15-17-21-29(27)39(31)25-33(41)37(7)8/h9-23H,24-25H2,1-8H3/q+1. The normalized spacial score (nSPS) is 18.1. The zero-order valence-electron chi connectivity index (χ0n) is 25.7. The molecule has 0 radical (unpaired) electrons. The number of allylic oxidation sites excluding steroid dienone is 8. The molecule has 0 saturated carbocycles. The fourth-order valence-electron chi connectivity index (χ4n) is 5.66. The summed E-state index contributed by atoms with van der Waals surface area (Å²) in [5.41, 5.74) is 6.36. The van der Waals surface area contributed by atoms with E-state index >= 15 is 0 Å². The third-order valence-corrected chi connectivity index (χ3v) is 8.14. The van der Waals surface area contributed by atoms with Crippen molar-refractivity contribution in [3.63, 3.8) is 0 Å². The zero-order chi connectivity index (χ0) is 29.9. The van der Waals surface area contributed by atoms with Crippen LogP contribution in [0.1, 0.15) is 38.8 Å². The molecule has 0 spiro atoms. The third-order valence-electron chi connectivity index (χ3n) is 8.14. The van der Waals surface area contributed by atoms with Crippen LogP contribution < -0.4 is 4.90 Å². The first-order valence-corrected chi connectivity index (χ1v) is 14.1. The lowest BCUT2D eigenvalue weighted by molar-refractivity contribution is -0.426. The van der Waals surface area contributed by atoms with Crippen LogP contribution in [0.4, 0.5) is 11.4 Å². The Morgan fingerprint density at radius 3 is 2.02 bits per heavy atom. The average molecular weight is 552 g/mol. The number of anilines is 1. The van der Waals surface area contributed by atoms with E-state index < -0.39 is 0 Å². The molecule has 0 saturated heterocycles. The number of likely N-dealkylation sites (N-methyl/N-ethyl adjacent to an activating group) is 2. The minimum atomic E-state index is -0.218. The second-order valence-corrected chi connectivity index (χ2v) is 12.1. The van der Waals surface area contributed by atoms with Gasteiger partial charge in [-0.05, 0) is 31.6 Å². The number of hydrogen-bond acceptors (Lipinski definition) is 3. The summed E-state index contributed by atoms with van der Waals surface area (Å²) in [5, 5.41) is 0. The van der Waals surface area contributed by atoms with Crippen LogP contribution in [0.3, 0.4) is 0 Å². The molecular formula is C35H43N4O2+. The van der Waals surface area contributed by atoms with Crippen molar-refractivity contribution >= 4 is 28.9 Å². The molecular weight excluding hydrogens is 508 g/mol. The molecule has 2 aromatic carbocycles. The number of para-hydroxylation sites is 2. The first kappa shape index (κ1) is 29.8. The highest BCUT2D eigenvalue weighted by molar-refractivity contribution is 6.03. The molecule has 2 aromatic rings. The Balaban J connectivity index is 1.56. The SMILES string of the molecule is CN(C)C(=O)CN1\C(=C/C=C/C=C/C=C/C2=[N+](CC(=O)N(C)C)c3ccccc3C2(C)C)C(C)(C)c2ccccc21. The van der Waals surface area contributed by atoms with Gasteiger partial charge in [-0.3, -0.25) is 9.59 Å². The monoisotopic (exact) mass is 551 g/mol. The molecule has 0 aliphatic carbocycles. The van der Waals surface area contributed by atoms with Gasteiger partial charge in [-0.1, -0.05) is 80.6 Å². The van der Waals surface area contributed by atoms with E-state index in [4.69, 9.17) is 0 Å². The highest BCUT2D eigenvalue weighted by atomic mass is 16.2. The smallest absolute Gasteiger partial charge is 0.288 e. The Labute approximate surface area is 245 Å². The maximum atomic E-state index is 12.6. The van der Waals surface area contributed by atoms with Crippen molar-refractivity contribution < 1.29 is 14.2 Å². The van der Waals surface area contributed by atoms with Gasteiger partial charge < -0.3 is 14.7 Å². The first-order chi connectivity index (χ1) is 19.4. The fraction of sp³-hybridized carbons (Fsp3) is 0.343. The van der Waals surface area contributed by atoms with Crippen LogP contribution >= 0.6 is 0 Å². The topological polar surface area (TPSA) is 46.9 Å². The van der Waals surface area contributed by atoms with Crippen molar-refractivity contribution in [2.45, 2.75) is 38.5 Å². The Bertz CT molecular complexity index is 1480. The zero-order valence-corrected chi connectivity index (χ0v) is 25.7. The summed E-state index contributed by atoms with van der Waals surface area (Å²) in [6.07, 6.45) is 14.3. The van der Waals surface area contributed by atoms with Crippen molar-refractivity contribution in [3.8, 4) is 0 Å². The van der Waals surface area contributed by atoms with Gasteiger partial charge >= 0.3 is 0 Å². The molecule has 2 amide bonds. The maximum Gasteiger partial charge on any atom is 0.288 e. The Morgan fingerprint density at radius 1 is 0.756 bits per heavy atom. The second-order valence-electron chi connectivity index (χ2n) is 12.1. The van der Waals surface area contributed by atoms with Crippen LogP contribution in [0, 0.1) is 0 Å².